The first-order chi connectivity index (χ1) is 8.18. The van der Waals surface area contributed by atoms with Gasteiger partial charge in [-0.1, -0.05) is 67.9 Å². The van der Waals surface area contributed by atoms with E-state index < -0.39 is 0 Å². The lowest BCUT2D eigenvalue weighted by Crippen LogP contribution is -2.08. The largest absolute Gasteiger partial charge is 0.0843 e. The highest BCUT2D eigenvalue weighted by Gasteiger charge is 2.17. The van der Waals surface area contributed by atoms with Crippen LogP contribution >= 0.6 is 11.6 Å². The SMILES string of the molecule is CC(C)C(c1ccccc1)c1cccc(Cl)c1. The molecule has 2 aromatic rings. The van der Waals surface area contributed by atoms with Gasteiger partial charge in [0.15, 0.2) is 0 Å². The quantitative estimate of drug-likeness (QED) is 0.702. The van der Waals surface area contributed by atoms with Gasteiger partial charge in [0.25, 0.3) is 0 Å². The predicted molar refractivity (Wildman–Crippen MR) is 74.6 cm³/mol. The van der Waals surface area contributed by atoms with Crippen LogP contribution in [0.3, 0.4) is 0 Å². The van der Waals surface area contributed by atoms with Crippen molar-refractivity contribution in [3.63, 3.8) is 0 Å². The Kier molecular flexibility index (Phi) is 3.86. The average molecular weight is 245 g/mol. The van der Waals surface area contributed by atoms with Gasteiger partial charge in [0.05, 0.1) is 0 Å². The van der Waals surface area contributed by atoms with E-state index in [2.05, 4.69) is 56.3 Å². The summed E-state index contributed by atoms with van der Waals surface area (Å²) in [5, 5.41) is 0.809. The first-order valence-corrected chi connectivity index (χ1v) is 6.36. The fourth-order valence-electron chi connectivity index (χ4n) is 2.32. The van der Waals surface area contributed by atoms with E-state index in [4.69, 9.17) is 11.6 Å². The van der Waals surface area contributed by atoms with Gasteiger partial charge in [-0.2, -0.15) is 0 Å². The lowest BCUT2D eigenvalue weighted by Gasteiger charge is -2.22. The van der Waals surface area contributed by atoms with Crippen molar-refractivity contribution < 1.29 is 0 Å². The molecular weight excluding hydrogens is 228 g/mol. The van der Waals surface area contributed by atoms with E-state index in [0.29, 0.717) is 11.8 Å². The number of hydrogen-bond acceptors (Lipinski definition) is 0. The summed E-state index contributed by atoms with van der Waals surface area (Å²) in [4.78, 5) is 0. The molecule has 88 valence electrons. The van der Waals surface area contributed by atoms with Crippen LogP contribution in [0.4, 0.5) is 0 Å². The molecule has 0 aliphatic carbocycles. The Bertz CT molecular complexity index is 474. The van der Waals surface area contributed by atoms with E-state index in [1.54, 1.807) is 0 Å². The molecule has 0 nitrogen and oxygen atoms in total. The summed E-state index contributed by atoms with van der Waals surface area (Å²) in [6, 6.07) is 18.8. The molecule has 0 heterocycles. The van der Waals surface area contributed by atoms with Gasteiger partial charge in [-0.15, -0.1) is 0 Å². The third-order valence-corrected chi connectivity index (χ3v) is 3.27. The molecule has 1 heteroatoms. The summed E-state index contributed by atoms with van der Waals surface area (Å²) in [6.45, 7) is 4.50. The zero-order chi connectivity index (χ0) is 12.3. The van der Waals surface area contributed by atoms with E-state index in [-0.39, 0.29) is 0 Å². The zero-order valence-corrected chi connectivity index (χ0v) is 11.0. The lowest BCUT2D eigenvalue weighted by molar-refractivity contribution is 0.564. The van der Waals surface area contributed by atoms with Crippen LogP contribution in [0.25, 0.3) is 0 Å². The lowest BCUT2D eigenvalue weighted by atomic mass is 9.83. The maximum absolute atomic E-state index is 6.08. The van der Waals surface area contributed by atoms with Crippen molar-refractivity contribution in [1.29, 1.82) is 0 Å². The summed E-state index contributed by atoms with van der Waals surface area (Å²) in [5.74, 6) is 0.964. The Labute approximate surface area is 108 Å². The van der Waals surface area contributed by atoms with Crippen LogP contribution in [0.1, 0.15) is 30.9 Å². The van der Waals surface area contributed by atoms with Crippen LogP contribution in [0, 0.1) is 5.92 Å². The fraction of sp³-hybridized carbons (Fsp3) is 0.250. The standard InChI is InChI=1S/C16H17Cl/c1-12(2)16(13-7-4-3-5-8-13)14-9-6-10-15(17)11-14/h3-12,16H,1-2H3. The molecule has 0 radical (unpaired) electrons. The van der Waals surface area contributed by atoms with Gasteiger partial charge in [0, 0.05) is 10.9 Å². The summed E-state index contributed by atoms with van der Waals surface area (Å²) < 4.78 is 0. The van der Waals surface area contributed by atoms with Crippen molar-refractivity contribution >= 4 is 11.6 Å². The average Bonchev–Trinajstić information content (AvgIpc) is 2.30. The van der Waals surface area contributed by atoms with E-state index in [9.17, 15) is 0 Å². The summed E-state index contributed by atoms with van der Waals surface area (Å²) in [6.07, 6.45) is 0. The van der Waals surface area contributed by atoms with E-state index >= 15 is 0 Å². The Morgan fingerprint density at radius 1 is 0.824 bits per heavy atom. The second-order valence-electron chi connectivity index (χ2n) is 4.69. The third kappa shape index (κ3) is 2.89. The Morgan fingerprint density at radius 2 is 1.47 bits per heavy atom. The molecule has 0 aliphatic heterocycles. The van der Waals surface area contributed by atoms with E-state index in [0.717, 1.165) is 5.02 Å². The van der Waals surface area contributed by atoms with Crippen LogP contribution in [0.2, 0.25) is 5.02 Å². The molecule has 0 amide bonds. The molecule has 0 aliphatic rings. The molecule has 0 spiro atoms. The number of rotatable bonds is 3. The van der Waals surface area contributed by atoms with Gasteiger partial charge in [-0.3, -0.25) is 0 Å². The molecule has 17 heavy (non-hydrogen) atoms. The minimum absolute atomic E-state index is 0.412. The van der Waals surface area contributed by atoms with Crippen LogP contribution < -0.4 is 0 Å². The van der Waals surface area contributed by atoms with Crippen molar-refractivity contribution in [2.45, 2.75) is 19.8 Å². The Balaban J connectivity index is 2.43. The van der Waals surface area contributed by atoms with Crippen molar-refractivity contribution in [2.75, 3.05) is 0 Å². The fourth-order valence-corrected chi connectivity index (χ4v) is 2.52. The molecule has 0 fully saturated rings. The second-order valence-corrected chi connectivity index (χ2v) is 5.12. The highest BCUT2D eigenvalue weighted by atomic mass is 35.5. The van der Waals surface area contributed by atoms with E-state index in [1.165, 1.54) is 11.1 Å². The van der Waals surface area contributed by atoms with Crippen LogP contribution in [0.15, 0.2) is 54.6 Å². The second kappa shape index (κ2) is 5.37. The van der Waals surface area contributed by atoms with Gasteiger partial charge < -0.3 is 0 Å². The van der Waals surface area contributed by atoms with Crippen molar-refractivity contribution in [3.05, 3.63) is 70.7 Å². The highest BCUT2D eigenvalue weighted by Crippen LogP contribution is 2.32. The van der Waals surface area contributed by atoms with Gasteiger partial charge in [-0.25, -0.2) is 0 Å². The number of hydrogen-bond donors (Lipinski definition) is 0. The summed E-state index contributed by atoms with van der Waals surface area (Å²) in [7, 11) is 0. The number of halogens is 1. The minimum Gasteiger partial charge on any atom is -0.0843 e. The molecular formula is C16H17Cl. The molecule has 0 aromatic heterocycles. The van der Waals surface area contributed by atoms with Gasteiger partial charge >= 0.3 is 0 Å². The third-order valence-electron chi connectivity index (χ3n) is 3.03. The molecule has 2 aromatic carbocycles. The maximum Gasteiger partial charge on any atom is 0.0408 e. The first-order valence-electron chi connectivity index (χ1n) is 5.99. The minimum atomic E-state index is 0.412. The van der Waals surface area contributed by atoms with Crippen molar-refractivity contribution in [3.8, 4) is 0 Å². The predicted octanol–water partition coefficient (Wildman–Crippen LogP) is 5.13. The zero-order valence-electron chi connectivity index (χ0n) is 10.2. The van der Waals surface area contributed by atoms with Crippen LogP contribution in [0.5, 0.6) is 0 Å². The van der Waals surface area contributed by atoms with Crippen LogP contribution in [-0.2, 0) is 0 Å². The Morgan fingerprint density at radius 3 is 2.06 bits per heavy atom. The number of benzene rings is 2. The van der Waals surface area contributed by atoms with Crippen LogP contribution in [-0.4, -0.2) is 0 Å². The smallest absolute Gasteiger partial charge is 0.0408 e. The topological polar surface area (TPSA) is 0 Å². The van der Waals surface area contributed by atoms with Gasteiger partial charge in [0.1, 0.15) is 0 Å². The summed E-state index contributed by atoms with van der Waals surface area (Å²) in [5.41, 5.74) is 2.64. The van der Waals surface area contributed by atoms with E-state index in [1.807, 2.05) is 12.1 Å². The highest BCUT2D eigenvalue weighted by molar-refractivity contribution is 6.30. The van der Waals surface area contributed by atoms with Gasteiger partial charge in [-0.05, 0) is 29.2 Å². The molecule has 0 N–H and O–H groups in total. The van der Waals surface area contributed by atoms with Gasteiger partial charge in [0.2, 0.25) is 0 Å². The first kappa shape index (κ1) is 12.2. The summed E-state index contributed by atoms with van der Waals surface area (Å²) >= 11 is 6.08. The molecule has 1 unspecified atom stereocenters. The monoisotopic (exact) mass is 244 g/mol. The molecule has 0 saturated carbocycles. The van der Waals surface area contributed by atoms with Crippen molar-refractivity contribution in [2.24, 2.45) is 5.92 Å². The normalized spacial score (nSPS) is 12.7. The maximum atomic E-state index is 6.08. The molecule has 0 saturated heterocycles. The molecule has 1 atom stereocenters. The van der Waals surface area contributed by atoms with Crippen molar-refractivity contribution in [1.82, 2.24) is 0 Å². The molecule has 2 rings (SSSR count). The molecule has 0 bridgehead atoms. The Hall–Kier alpha value is -1.27.